The molecular weight excluding hydrogens is 381 g/mol. The fraction of sp³-hybridized carbons (Fsp3) is 0.0625. The third-order valence-corrected chi connectivity index (χ3v) is 4.55. The number of hydrogen-bond donors (Lipinski definition) is 1. The second-order valence-electron chi connectivity index (χ2n) is 5.43. The van der Waals surface area contributed by atoms with Crippen molar-refractivity contribution in [1.29, 1.82) is 0 Å². The smallest absolute Gasteiger partial charge is 0.310 e. The number of carbonyl (C=O) groups is 1. The number of benzene rings is 2. The molecule has 1 amide bonds. The molecule has 0 saturated carbocycles. The summed E-state index contributed by atoms with van der Waals surface area (Å²) in [6.07, 6.45) is 2.61. The van der Waals surface area contributed by atoms with E-state index in [9.17, 15) is 24.2 Å². The molecule has 1 aliphatic heterocycles. The lowest BCUT2D eigenvalue weighted by molar-refractivity contribution is -0.111. The molecule has 0 aliphatic carbocycles. The monoisotopic (exact) mass is 393 g/mol. The molecule has 2 aromatic rings. The predicted octanol–water partition coefficient (Wildman–Crippen LogP) is 5.72. The van der Waals surface area contributed by atoms with E-state index in [1.807, 2.05) is 0 Å². The first-order valence-electron chi connectivity index (χ1n) is 7.14. The quantitative estimate of drug-likeness (QED) is 0.534. The standard InChI is InChI=1S/C16H12F5NO3S/c17-26(18,19,20,21)13-5-3-12(4-6-13)22-16(23)8-2-11-1-7-14-15(9-11)25-10-24-14/h1-9H,10H2,(H,22,23)/b8-2+. The zero-order chi connectivity index (χ0) is 19.1. The van der Waals surface area contributed by atoms with Crippen molar-refractivity contribution in [3.8, 4) is 11.5 Å². The van der Waals surface area contributed by atoms with E-state index in [2.05, 4.69) is 5.32 Å². The Kier molecular flexibility index (Phi) is 3.73. The van der Waals surface area contributed by atoms with Crippen molar-refractivity contribution in [2.45, 2.75) is 4.90 Å². The second kappa shape index (κ2) is 5.37. The van der Waals surface area contributed by atoms with Crippen molar-refractivity contribution in [2.24, 2.45) is 0 Å². The van der Waals surface area contributed by atoms with E-state index in [1.165, 1.54) is 6.08 Å². The van der Waals surface area contributed by atoms with Crippen LogP contribution in [-0.4, -0.2) is 12.7 Å². The maximum atomic E-state index is 12.6. The van der Waals surface area contributed by atoms with E-state index >= 15 is 0 Å². The van der Waals surface area contributed by atoms with Crippen LogP contribution in [0.3, 0.4) is 0 Å². The molecule has 0 atom stereocenters. The summed E-state index contributed by atoms with van der Waals surface area (Å²) in [5.74, 6) is 0.470. The molecule has 1 N–H and O–H groups in total. The molecule has 0 aromatic heterocycles. The predicted molar refractivity (Wildman–Crippen MR) is 88.1 cm³/mol. The molecule has 0 bridgehead atoms. The summed E-state index contributed by atoms with van der Waals surface area (Å²) in [6.45, 7) is 0.109. The zero-order valence-corrected chi connectivity index (χ0v) is 13.7. The van der Waals surface area contributed by atoms with Gasteiger partial charge >= 0.3 is 10.2 Å². The molecular formula is C16H12F5NO3S. The van der Waals surface area contributed by atoms with Crippen LogP contribution in [0.4, 0.5) is 25.1 Å². The van der Waals surface area contributed by atoms with Crippen LogP contribution in [-0.2, 0) is 4.79 Å². The lowest BCUT2D eigenvalue weighted by Crippen LogP contribution is -2.09. The summed E-state index contributed by atoms with van der Waals surface area (Å²) in [4.78, 5) is 9.80. The number of halogens is 5. The Hall–Kier alpha value is -2.75. The van der Waals surface area contributed by atoms with Crippen LogP contribution in [0.15, 0.2) is 53.4 Å². The van der Waals surface area contributed by atoms with Gasteiger partial charge in [-0.25, -0.2) is 0 Å². The Bertz CT molecular complexity index is 895. The molecule has 0 fully saturated rings. The number of hydrogen-bond acceptors (Lipinski definition) is 3. The zero-order valence-electron chi connectivity index (χ0n) is 12.9. The number of carbonyl (C=O) groups excluding carboxylic acids is 1. The van der Waals surface area contributed by atoms with Crippen LogP contribution in [0.5, 0.6) is 11.5 Å². The van der Waals surface area contributed by atoms with Gasteiger partial charge < -0.3 is 14.8 Å². The molecule has 0 unspecified atom stereocenters. The SMILES string of the molecule is O=C(/C=C/c1ccc2c(c1)OCO2)Nc1ccc(S(F)(F)(F)(F)F)cc1. The number of anilines is 1. The van der Waals surface area contributed by atoms with Gasteiger partial charge in [0.25, 0.3) is 0 Å². The van der Waals surface area contributed by atoms with Crippen LogP contribution in [0, 0.1) is 0 Å². The van der Waals surface area contributed by atoms with E-state index in [-0.39, 0.29) is 24.6 Å². The molecule has 2 aromatic carbocycles. The Balaban J connectivity index is 1.67. The number of ether oxygens (including phenoxy) is 2. The minimum absolute atomic E-state index is 0.0454. The molecule has 10 heteroatoms. The molecule has 4 nitrogen and oxygen atoms in total. The van der Waals surface area contributed by atoms with Gasteiger partial charge in [0.2, 0.25) is 12.7 Å². The lowest BCUT2D eigenvalue weighted by atomic mass is 10.2. The number of amides is 1. The van der Waals surface area contributed by atoms with Crippen LogP contribution in [0.2, 0.25) is 0 Å². The van der Waals surface area contributed by atoms with Crippen molar-refractivity contribution < 1.29 is 33.7 Å². The Morgan fingerprint density at radius 2 is 1.62 bits per heavy atom. The van der Waals surface area contributed by atoms with Crippen LogP contribution in [0.1, 0.15) is 5.56 Å². The van der Waals surface area contributed by atoms with E-state index in [1.54, 1.807) is 18.2 Å². The van der Waals surface area contributed by atoms with Crippen molar-refractivity contribution in [3.05, 3.63) is 54.1 Å². The van der Waals surface area contributed by atoms with Gasteiger partial charge in [0.15, 0.2) is 11.5 Å². The van der Waals surface area contributed by atoms with E-state index in [4.69, 9.17) is 9.47 Å². The molecule has 1 aliphatic rings. The summed E-state index contributed by atoms with van der Waals surface area (Å²) < 4.78 is 73.5. The van der Waals surface area contributed by atoms with E-state index < -0.39 is 21.0 Å². The Morgan fingerprint density at radius 3 is 2.27 bits per heavy atom. The van der Waals surface area contributed by atoms with Gasteiger partial charge in [-0.05, 0) is 48.0 Å². The van der Waals surface area contributed by atoms with Crippen molar-refractivity contribution in [2.75, 3.05) is 12.1 Å². The van der Waals surface area contributed by atoms with Gasteiger partial charge in [0.05, 0.1) is 0 Å². The van der Waals surface area contributed by atoms with Crippen molar-refractivity contribution in [1.82, 2.24) is 0 Å². The highest BCUT2D eigenvalue weighted by Crippen LogP contribution is 3.02. The maximum absolute atomic E-state index is 12.6. The summed E-state index contributed by atoms with van der Waals surface area (Å²) >= 11 is 0. The largest absolute Gasteiger partial charge is 0.454 e. The average Bonchev–Trinajstić information content (AvgIpc) is 2.99. The maximum Gasteiger partial charge on any atom is 0.310 e. The Morgan fingerprint density at radius 1 is 0.962 bits per heavy atom. The highest BCUT2D eigenvalue weighted by molar-refractivity contribution is 8.45. The molecule has 0 spiro atoms. The fourth-order valence-electron chi connectivity index (χ4n) is 2.17. The molecule has 140 valence electrons. The molecule has 0 radical (unpaired) electrons. The van der Waals surface area contributed by atoms with Crippen molar-refractivity contribution in [3.63, 3.8) is 0 Å². The lowest BCUT2D eigenvalue weighted by Gasteiger charge is -2.40. The molecule has 1 heterocycles. The van der Waals surface area contributed by atoms with Gasteiger partial charge in [-0.15, -0.1) is 0 Å². The highest BCUT2D eigenvalue weighted by Gasteiger charge is 2.65. The molecule has 3 rings (SSSR count). The first kappa shape index (κ1) is 18.1. The third-order valence-electron chi connectivity index (χ3n) is 3.39. The summed E-state index contributed by atoms with van der Waals surface area (Å²) in [5, 5.41) is 2.29. The number of fused-ring (bicyclic) bond motifs is 1. The Labute approximate surface area is 144 Å². The summed E-state index contributed by atoms with van der Waals surface area (Å²) in [7, 11) is -9.72. The van der Waals surface area contributed by atoms with Gasteiger partial charge in [-0.1, -0.05) is 25.5 Å². The van der Waals surface area contributed by atoms with Gasteiger partial charge in [-0.3, -0.25) is 4.79 Å². The molecule has 26 heavy (non-hydrogen) atoms. The normalized spacial score (nSPS) is 16.2. The van der Waals surface area contributed by atoms with Gasteiger partial charge in [0.1, 0.15) is 4.90 Å². The first-order chi connectivity index (χ1) is 11.9. The van der Waals surface area contributed by atoms with Gasteiger partial charge in [0, 0.05) is 11.8 Å². The average molecular weight is 393 g/mol. The highest BCUT2D eigenvalue weighted by atomic mass is 32.5. The molecule has 0 saturated heterocycles. The minimum Gasteiger partial charge on any atom is -0.454 e. The van der Waals surface area contributed by atoms with E-state index in [0.717, 1.165) is 18.2 Å². The summed E-state index contributed by atoms with van der Waals surface area (Å²) in [5.41, 5.74) is 0.594. The topological polar surface area (TPSA) is 47.6 Å². The van der Waals surface area contributed by atoms with Crippen LogP contribution >= 0.6 is 10.2 Å². The minimum atomic E-state index is -9.72. The van der Waals surface area contributed by atoms with Gasteiger partial charge in [-0.2, -0.15) is 0 Å². The fourth-order valence-corrected chi connectivity index (χ4v) is 2.82. The summed E-state index contributed by atoms with van der Waals surface area (Å²) in [6, 6.07) is 6.99. The van der Waals surface area contributed by atoms with Crippen LogP contribution < -0.4 is 14.8 Å². The van der Waals surface area contributed by atoms with Crippen LogP contribution in [0.25, 0.3) is 6.08 Å². The number of rotatable bonds is 4. The second-order valence-corrected chi connectivity index (χ2v) is 7.84. The third kappa shape index (κ3) is 4.26. The first-order valence-corrected chi connectivity index (χ1v) is 9.09. The number of nitrogens with one attached hydrogen (secondary N) is 1. The van der Waals surface area contributed by atoms with Crippen molar-refractivity contribution >= 4 is 27.9 Å². The van der Waals surface area contributed by atoms with E-state index in [0.29, 0.717) is 17.1 Å².